The Morgan fingerprint density at radius 1 is 0.722 bits per heavy atom. The monoisotopic (exact) mass is 582 g/mol. The van der Waals surface area contributed by atoms with E-state index in [-0.39, 0.29) is 0 Å². The molecule has 0 aromatic heterocycles. The smallest absolute Gasteiger partial charge is 0.297 e. The maximum absolute atomic E-state index is 12.9. The quantitative estimate of drug-likeness (QED) is 0.172. The van der Waals surface area contributed by atoms with E-state index in [0.717, 1.165) is 18.2 Å². The predicted molar refractivity (Wildman–Crippen MR) is 122 cm³/mol. The highest BCUT2D eigenvalue weighted by atomic mass is 32.2. The average Bonchev–Trinajstić information content (AvgIpc) is 2.69. The van der Waals surface area contributed by atoms with Crippen LogP contribution in [0.4, 0.5) is 11.4 Å². The fourth-order valence-corrected chi connectivity index (χ4v) is 6.03. The van der Waals surface area contributed by atoms with Crippen LogP contribution in [-0.4, -0.2) is 57.8 Å². The second kappa shape index (κ2) is 8.74. The van der Waals surface area contributed by atoms with Gasteiger partial charge in [-0.05, 0) is 36.4 Å². The van der Waals surface area contributed by atoms with Gasteiger partial charge in [-0.1, -0.05) is 6.07 Å². The van der Waals surface area contributed by atoms with E-state index in [2.05, 4.69) is 0 Å². The largest absolute Gasteiger partial charge is 0.398 e. The number of hydrogen-bond donors (Lipinski definition) is 6. The second-order valence-corrected chi connectivity index (χ2v) is 12.6. The molecule has 194 valence electrons. The molecule has 0 unspecified atom stereocenters. The summed E-state index contributed by atoms with van der Waals surface area (Å²) >= 11 is 0. The topological polar surface area (TPSA) is 273 Å². The Hall–Kier alpha value is -3.17. The molecule has 1 amide bonds. The van der Waals surface area contributed by atoms with Crippen LogP contribution in [0.5, 0.6) is 0 Å². The Morgan fingerprint density at radius 3 is 1.78 bits per heavy atom. The van der Waals surface area contributed by atoms with E-state index in [1.165, 1.54) is 0 Å². The number of anilines is 2. The van der Waals surface area contributed by atoms with Crippen LogP contribution in [0.3, 0.4) is 0 Å². The van der Waals surface area contributed by atoms with Crippen LogP contribution in [-0.2, 0) is 40.5 Å². The van der Waals surface area contributed by atoms with E-state index < -0.39 is 93.7 Å². The number of nitrogens with one attached hydrogen (secondary N) is 1. The molecule has 0 saturated heterocycles. The van der Waals surface area contributed by atoms with Gasteiger partial charge in [0.15, 0.2) is 0 Å². The molecule has 0 aliphatic heterocycles. The summed E-state index contributed by atoms with van der Waals surface area (Å²) in [5.41, 5.74) is 3.27. The zero-order valence-corrected chi connectivity index (χ0v) is 20.5. The maximum Gasteiger partial charge on any atom is 0.297 e. The Bertz CT molecular complexity index is 1880. The number of amides is 1. The number of carbonyl (C=O) groups excluding carboxylic acids is 1. The van der Waals surface area contributed by atoms with Gasteiger partial charge in [-0.25, -0.2) is 0 Å². The van der Waals surface area contributed by atoms with Crippen molar-refractivity contribution in [2.45, 2.75) is 19.6 Å². The van der Waals surface area contributed by atoms with Crippen molar-refractivity contribution in [2.75, 3.05) is 11.1 Å². The summed E-state index contributed by atoms with van der Waals surface area (Å²) < 4.78 is 133. The first-order chi connectivity index (χ1) is 16.2. The van der Waals surface area contributed by atoms with Crippen LogP contribution >= 0.6 is 0 Å². The van der Waals surface area contributed by atoms with Crippen LogP contribution in [0, 0.1) is 0 Å². The standard InChI is InChI=1S/C17H14N2O13S4/c18-11-3-1-2-9(16(11)36(30,31)32)17(20)19-12-7-8(33(21,22)23)6-10-13(34(24,25)26)4-5-14(15(10)12)35(27,28)29/h1-7H,18H2,(H,19,20)(H,21,22,23)(H,24,25,26)(H,27,28,29)(H,30,31,32). The molecule has 3 aromatic carbocycles. The van der Waals surface area contributed by atoms with Crippen molar-refractivity contribution in [3.8, 4) is 0 Å². The molecule has 3 rings (SSSR count). The minimum absolute atomic E-state index is 0.447. The first-order valence-electron chi connectivity index (χ1n) is 8.93. The van der Waals surface area contributed by atoms with Crippen LogP contribution in [0.1, 0.15) is 10.4 Å². The summed E-state index contributed by atoms with van der Waals surface area (Å²) in [5, 5.41) is 0.231. The van der Waals surface area contributed by atoms with E-state index in [4.69, 9.17) is 5.73 Å². The number of hydrogen-bond acceptors (Lipinski definition) is 10. The van der Waals surface area contributed by atoms with Crippen LogP contribution in [0.2, 0.25) is 0 Å². The lowest BCUT2D eigenvalue weighted by Crippen LogP contribution is -2.18. The first-order valence-corrected chi connectivity index (χ1v) is 14.7. The molecule has 0 aliphatic carbocycles. The Morgan fingerprint density at radius 2 is 1.28 bits per heavy atom. The summed E-state index contributed by atoms with van der Waals surface area (Å²) in [6.45, 7) is 0. The van der Waals surface area contributed by atoms with E-state index >= 15 is 0 Å². The fourth-order valence-electron chi connectivity index (χ4n) is 3.30. The molecule has 0 aliphatic rings. The summed E-state index contributed by atoms with van der Waals surface area (Å²) in [6, 6.07) is 4.94. The molecule has 0 saturated carbocycles. The van der Waals surface area contributed by atoms with E-state index in [1.807, 2.05) is 5.32 Å². The van der Waals surface area contributed by atoms with Gasteiger partial charge >= 0.3 is 0 Å². The number of nitrogens with two attached hydrogens (primary N) is 1. The number of fused-ring (bicyclic) bond motifs is 1. The van der Waals surface area contributed by atoms with E-state index in [0.29, 0.717) is 24.3 Å². The third-order valence-electron chi connectivity index (χ3n) is 4.66. The highest BCUT2D eigenvalue weighted by Crippen LogP contribution is 2.37. The van der Waals surface area contributed by atoms with Gasteiger partial charge in [-0.15, -0.1) is 0 Å². The number of benzene rings is 3. The van der Waals surface area contributed by atoms with Crippen molar-refractivity contribution in [3.05, 3.63) is 48.0 Å². The van der Waals surface area contributed by atoms with Gasteiger partial charge in [0, 0.05) is 10.8 Å². The molecule has 7 N–H and O–H groups in total. The summed E-state index contributed by atoms with van der Waals surface area (Å²) in [5.74, 6) is -1.43. The second-order valence-electron chi connectivity index (χ2n) is 7.03. The van der Waals surface area contributed by atoms with Crippen molar-refractivity contribution in [1.29, 1.82) is 0 Å². The molecule has 0 radical (unpaired) electrons. The van der Waals surface area contributed by atoms with Crippen LogP contribution in [0.15, 0.2) is 62.0 Å². The normalized spacial score (nSPS) is 13.0. The number of rotatable bonds is 6. The molecule has 0 fully saturated rings. The van der Waals surface area contributed by atoms with Crippen molar-refractivity contribution >= 4 is 68.5 Å². The fraction of sp³-hybridized carbons (Fsp3) is 0. The van der Waals surface area contributed by atoms with Crippen LogP contribution in [0.25, 0.3) is 10.8 Å². The highest BCUT2D eigenvalue weighted by molar-refractivity contribution is 7.87. The molecule has 0 spiro atoms. The van der Waals surface area contributed by atoms with Crippen molar-refractivity contribution < 1.29 is 56.7 Å². The predicted octanol–water partition coefficient (Wildman–Crippen LogP) is 0.661. The average molecular weight is 583 g/mol. The molecule has 36 heavy (non-hydrogen) atoms. The summed E-state index contributed by atoms with van der Waals surface area (Å²) in [4.78, 5) is 8.65. The van der Waals surface area contributed by atoms with Gasteiger partial charge in [0.2, 0.25) is 0 Å². The van der Waals surface area contributed by atoms with E-state index in [9.17, 15) is 56.7 Å². The third-order valence-corrected chi connectivity index (χ3v) is 8.27. The Balaban J connectivity index is 2.48. The van der Waals surface area contributed by atoms with Gasteiger partial charge in [-0.2, -0.15) is 33.7 Å². The highest BCUT2D eigenvalue weighted by Gasteiger charge is 2.28. The molecule has 15 nitrogen and oxygen atoms in total. The van der Waals surface area contributed by atoms with E-state index in [1.54, 1.807) is 0 Å². The van der Waals surface area contributed by atoms with Gasteiger partial charge in [0.1, 0.15) is 14.7 Å². The Kier molecular flexibility index (Phi) is 6.66. The lowest BCUT2D eigenvalue weighted by Gasteiger charge is -2.16. The molecule has 0 bridgehead atoms. The molecule has 0 heterocycles. The van der Waals surface area contributed by atoms with Crippen LogP contribution < -0.4 is 11.1 Å². The lowest BCUT2D eigenvalue weighted by molar-refractivity contribution is 0.102. The van der Waals surface area contributed by atoms with Gasteiger partial charge < -0.3 is 11.1 Å². The minimum Gasteiger partial charge on any atom is -0.398 e. The van der Waals surface area contributed by atoms with Gasteiger partial charge in [0.05, 0.1) is 21.8 Å². The maximum atomic E-state index is 12.9. The molecule has 0 atom stereocenters. The minimum atomic E-state index is -5.20. The molecular formula is C17H14N2O13S4. The van der Waals surface area contributed by atoms with Gasteiger partial charge in [0.25, 0.3) is 46.4 Å². The molecule has 3 aromatic rings. The lowest BCUT2D eigenvalue weighted by atomic mass is 10.1. The van der Waals surface area contributed by atoms with Crippen molar-refractivity contribution in [3.63, 3.8) is 0 Å². The zero-order valence-electron chi connectivity index (χ0n) is 17.2. The van der Waals surface area contributed by atoms with Crippen molar-refractivity contribution in [1.82, 2.24) is 0 Å². The molecule has 19 heteroatoms. The SMILES string of the molecule is Nc1cccc(C(=O)Nc2cc(S(=O)(=O)O)cc3c(S(=O)(=O)O)ccc(S(=O)(=O)O)c23)c1S(=O)(=O)O. The summed E-state index contributed by atoms with van der Waals surface area (Å²) in [7, 11) is -20.6. The van der Waals surface area contributed by atoms with Crippen molar-refractivity contribution in [2.24, 2.45) is 0 Å². The third kappa shape index (κ3) is 5.32. The van der Waals surface area contributed by atoms with Gasteiger partial charge in [-0.3, -0.25) is 23.0 Å². The first kappa shape index (κ1) is 27.4. The zero-order chi connectivity index (χ0) is 27.4. The summed E-state index contributed by atoms with van der Waals surface area (Å²) in [6.07, 6.45) is 0. The number of nitrogen functional groups attached to an aromatic ring is 1. The Labute approximate surface area is 203 Å². The number of carbonyl (C=O) groups is 1. The molecular weight excluding hydrogens is 568 g/mol.